The Morgan fingerprint density at radius 3 is 2.36 bits per heavy atom. The van der Waals surface area contributed by atoms with E-state index in [1.165, 1.54) is 12.1 Å². The number of fused-ring (bicyclic) bond motifs is 1. The summed E-state index contributed by atoms with van der Waals surface area (Å²) in [7, 11) is 6.13. The second-order valence-corrected chi connectivity index (χ2v) is 13.1. The van der Waals surface area contributed by atoms with Gasteiger partial charge in [-0.25, -0.2) is 23.1 Å². The molecule has 0 atom stereocenters. The maximum atomic E-state index is 15.5. The van der Waals surface area contributed by atoms with Gasteiger partial charge in [0.2, 0.25) is 5.95 Å². The first-order valence-corrected chi connectivity index (χ1v) is 15.3. The lowest BCUT2D eigenvalue weighted by Gasteiger charge is -2.36. The Bertz CT molecular complexity index is 1710. The van der Waals surface area contributed by atoms with Gasteiger partial charge in [-0.2, -0.15) is 0 Å². The number of hydrogen-bond acceptors (Lipinski definition) is 7. The monoisotopic (exact) mass is 619 g/mol. The molecular formula is C34H40F3N7O. The molecule has 0 bridgehead atoms. The van der Waals surface area contributed by atoms with E-state index < -0.39 is 11.6 Å². The summed E-state index contributed by atoms with van der Waals surface area (Å²) in [6.07, 6.45) is 4.97. The molecule has 45 heavy (non-hydrogen) atoms. The van der Waals surface area contributed by atoms with Crippen LogP contribution in [-0.4, -0.2) is 65.8 Å². The largest absolute Gasteiger partial charge is 0.486 e. The Balaban J connectivity index is 1.27. The van der Waals surface area contributed by atoms with Crippen LogP contribution in [0.3, 0.4) is 0 Å². The normalized spacial score (nSPS) is 15.8. The van der Waals surface area contributed by atoms with Crippen molar-refractivity contribution in [3.8, 4) is 17.0 Å². The van der Waals surface area contributed by atoms with Crippen molar-refractivity contribution < 1.29 is 17.9 Å². The highest BCUT2D eigenvalue weighted by molar-refractivity contribution is 5.77. The number of hydrogen-bond donors (Lipinski definition) is 1. The van der Waals surface area contributed by atoms with Crippen LogP contribution in [0.15, 0.2) is 48.8 Å². The number of aryl methyl sites for hydroxylation is 1. The number of halogens is 3. The van der Waals surface area contributed by atoms with Crippen LogP contribution < -0.4 is 19.9 Å². The van der Waals surface area contributed by atoms with Crippen molar-refractivity contribution in [3.63, 3.8) is 0 Å². The average molecular weight is 620 g/mol. The van der Waals surface area contributed by atoms with Gasteiger partial charge in [-0.3, -0.25) is 0 Å². The molecule has 238 valence electrons. The minimum absolute atomic E-state index is 0.0643. The first kappa shape index (κ1) is 30.8. The fraction of sp³-hybridized carbons (Fsp3) is 0.412. The summed E-state index contributed by atoms with van der Waals surface area (Å²) in [6, 6.07) is 10.4. The van der Waals surface area contributed by atoms with E-state index in [4.69, 9.17) is 4.74 Å². The molecule has 2 aromatic carbocycles. The Labute approximate surface area is 262 Å². The number of piperidine rings is 1. The van der Waals surface area contributed by atoms with Gasteiger partial charge in [0, 0.05) is 54.7 Å². The van der Waals surface area contributed by atoms with Gasteiger partial charge in [-0.1, -0.05) is 20.8 Å². The number of anilines is 5. The van der Waals surface area contributed by atoms with Gasteiger partial charge in [-0.15, -0.1) is 0 Å². The molecule has 6 rings (SSSR count). The minimum atomic E-state index is -0.708. The number of benzene rings is 2. The summed E-state index contributed by atoms with van der Waals surface area (Å²) in [4.78, 5) is 14.7. The lowest BCUT2D eigenvalue weighted by molar-refractivity contribution is 0.249. The van der Waals surface area contributed by atoms with Gasteiger partial charge >= 0.3 is 0 Å². The molecule has 0 aliphatic carbocycles. The molecule has 0 saturated carbocycles. The summed E-state index contributed by atoms with van der Waals surface area (Å²) in [5, 5.41) is 2.98. The molecule has 2 aliphatic rings. The molecule has 2 aliphatic heterocycles. The van der Waals surface area contributed by atoms with E-state index in [1.807, 2.05) is 18.1 Å². The van der Waals surface area contributed by atoms with Crippen molar-refractivity contribution in [3.05, 3.63) is 71.9 Å². The summed E-state index contributed by atoms with van der Waals surface area (Å²) in [6.45, 7) is 8.77. The number of nitrogens with zero attached hydrogens (tertiary/aromatic N) is 6. The third-order valence-electron chi connectivity index (χ3n) is 8.70. The molecule has 1 N–H and O–H groups in total. The van der Waals surface area contributed by atoms with Crippen LogP contribution >= 0.6 is 0 Å². The smallest absolute Gasteiger partial charge is 0.227 e. The van der Waals surface area contributed by atoms with Crippen molar-refractivity contribution in [1.82, 2.24) is 19.4 Å². The Hall–Kier alpha value is -4.25. The van der Waals surface area contributed by atoms with Gasteiger partial charge < -0.3 is 29.3 Å². The Morgan fingerprint density at radius 1 is 0.933 bits per heavy atom. The van der Waals surface area contributed by atoms with Gasteiger partial charge in [0.1, 0.15) is 18.1 Å². The van der Waals surface area contributed by atoms with Gasteiger partial charge in [0.15, 0.2) is 17.4 Å². The van der Waals surface area contributed by atoms with Crippen molar-refractivity contribution >= 4 is 28.7 Å². The second-order valence-electron chi connectivity index (χ2n) is 13.1. The van der Waals surface area contributed by atoms with Crippen LogP contribution in [0, 0.1) is 17.5 Å². The highest BCUT2D eigenvalue weighted by atomic mass is 19.1. The van der Waals surface area contributed by atoms with Gasteiger partial charge in [-0.05, 0) is 63.3 Å². The second kappa shape index (κ2) is 11.9. The van der Waals surface area contributed by atoms with Gasteiger partial charge in [0.05, 0.1) is 29.8 Å². The van der Waals surface area contributed by atoms with E-state index >= 15 is 13.2 Å². The van der Waals surface area contributed by atoms with Crippen LogP contribution in [0.25, 0.3) is 11.3 Å². The van der Waals surface area contributed by atoms with E-state index in [1.54, 1.807) is 18.2 Å². The summed E-state index contributed by atoms with van der Waals surface area (Å²) < 4.78 is 53.6. The van der Waals surface area contributed by atoms with Crippen molar-refractivity contribution in [2.45, 2.75) is 45.1 Å². The summed E-state index contributed by atoms with van der Waals surface area (Å²) >= 11 is 0. The number of ether oxygens (including phenoxy) is 1. The minimum Gasteiger partial charge on any atom is -0.486 e. The summed E-state index contributed by atoms with van der Waals surface area (Å²) in [5.41, 5.74) is 3.54. The highest BCUT2D eigenvalue weighted by Crippen LogP contribution is 2.43. The molecule has 4 heterocycles. The molecule has 0 spiro atoms. The number of rotatable bonds is 6. The average Bonchev–Trinajstić information content (AvgIpc) is 3.40. The molecule has 11 heteroatoms. The van der Waals surface area contributed by atoms with Crippen LogP contribution in [0.2, 0.25) is 0 Å². The molecule has 8 nitrogen and oxygen atoms in total. The predicted octanol–water partition coefficient (Wildman–Crippen LogP) is 7.00. The SMILES string of the molecule is CN(C)C1CCN(c2ccc(Nc3ncc(F)c(-c4cc(F)c5c(c4)N(c4cc(C(C)(C)C)n(C)c4)CCO5)n3)cc2F)CC1. The molecule has 1 saturated heterocycles. The standard InChI is InChI=1S/C34H40F3N7O/c1-34(2,3)30-18-24(20-42(30)6)44-13-14-45-32-26(36)15-21(16-29(32)44)31-27(37)19-38-33(40-31)39-22-7-8-28(25(35)17-22)43-11-9-23(10-12-43)41(4)5/h7-8,15-20,23H,9-14H2,1-6H3,(H,38,39,40). The van der Waals surface area contributed by atoms with Crippen molar-refractivity contribution in [1.29, 1.82) is 0 Å². The first-order valence-electron chi connectivity index (χ1n) is 15.3. The number of nitrogens with one attached hydrogen (secondary N) is 1. The predicted molar refractivity (Wildman–Crippen MR) is 173 cm³/mol. The molecule has 0 amide bonds. The zero-order valence-corrected chi connectivity index (χ0v) is 26.7. The van der Waals surface area contributed by atoms with Gasteiger partial charge in [0.25, 0.3) is 0 Å². The van der Waals surface area contributed by atoms with E-state index in [0.29, 0.717) is 36.3 Å². The summed E-state index contributed by atoms with van der Waals surface area (Å²) in [5.74, 6) is -1.51. The maximum absolute atomic E-state index is 15.5. The molecule has 1 fully saturated rings. The topological polar surface area (TPSA) is 61.7 Å². The number of aromatic nitrogens is 3. The van der Waals surface area contributed by atoms with E-state index in [0.717, 1.165) is 43.5 Å². The first-order chi connectivity index (χ1) is 21.4. The quantitative estimate of drug-likeness (QED) is 0.249. The van der Waals surface area contributed by atoms with Crippen LogP contribution in [0.1, 0.15) is 39.3 Å². The van der Waals surface area contributed by atoms with Crippen molar-refractivity contribution in [2.75, 3.05) is 55.5 Å². The molecule has 0 radical (unpaired) electrons. The van der Waals surface area contributed by atoms with E-state index in [9.17, 15) is 0 Å². The Morgan fingerprint density at radius 2 is 1.69 bits per heavy atom. The zero-order chi connectivity index (χ0) is 32.0. The molecule has 0 unspecified atom stereocenters. The lowest BCUT2D eigenvalue weighted by Crippen LogP contribution is -2.42. The van der Waals surface area contributed by atoms with E-state index in [2.05, 4.69) is 70.6 Å². The fourth-order valence-corrected chi connectivity index (χ4v) is 6.35. The van der Waals surface area contributed by atoms with Crippen LogP contribution in [0.5, 0.6) is 5.75 Å². The third-order valence-corrected chi connectivity index (χ3v) is 8.70. The molecule has 4 aromatic rings. The molecule has 2 aromatic heterocycles. The van der Waals surface area contributed by atoms with Crippen molar-refractivity contribution in [2.24, 2.45) is 7.05 Å². The maximum Gasteiger partial charge on any atom is 0.227 e. The Kier molecular flexibility index (Phi) is 8.15. The lowest BCUT2D eigenvalue weighted by atomic mass is 9.92. The third kappa shape index (κ3) is 6.18. The fourth-order valence-electron chi connectivity index (χ4n) is 6.35. The highest BCUT2D eigenvalue weighted by Gasteiger charge is 2.28. The van der Waals surface area contributed by atoms with E-state index in [-0.39, 0.29) is 34.2 Å². The molecular weight excluding hydrogens is 579 g/mol. The zero-order valence-electron chi connectivity index (χ0n) is 26.7. The van der Waals surface area contributed by atoms with Crippen LogP contribution in [0.4, 0.5) is 41.9 Å². The van der Waals surface area contributed by atoms with Crippen LogP contribution in [-0.2, 0) is 12.5 Å².